The van der Waals surface area contributed by atoms with Gasteiger partial charge in [0.1, 0.15) is 6.29 Å². The standard InChI is InChI=1S/C13H13NO/c1-10(9-15)5-6-11-3-2-4-13-12(11)7-8-14-13/h2-5,7-9,14H,6H2,1H3/b10-5+. The molecule has 1 aromatic heterocycles. The van der Waals surface area contributed by atoms with Gasteiger partial charge in [-0.3, -0.25) is 4.79 Å². The monoisotopic (exact) mass is 199 g/mol. The Kier molecular flexibility index (Phi) is 2.68. The molecule has 2 heteroatoms. The van der Waals surface area contributed by atoms with E-state index < -0.39 is 0 Å². The van der Waals surface area contributed by atoms with E-state index in [1.807, 2.05) is 25.3 Å². The summed E-state index contributed by atoms with van der Waals surface area (Å²) in [6, 6.07) is 8.23. The molecule has 2 aromatic rings. The molecule has 0 amide bonds. The molecule has 0 saturated carbocycles. The van der Waals surface area contributed by atoms with Gasteiger partial charge < -0.3 is 4.98 Å². The molecule has 0 aliphatic rings. The minimum atomic E-state index is 0.780. The predicted molar refractivity (Wildman–Crippen MR) is 61.8 cm³/mol. The largest absolute Gasteiger partial charge is 0.361 e. The van der Waals surface area contributed by atoms with E-state index in [9.17, 15) is 4.79 Å². The third kappa shape index (κ3) is 1.99. The average Bonchev–Trinajstić information content (AvgIpc) is 2.74. The Bertz CT molecular complexity index is 508. The van der Waals surface area contributed by atoms with E-state index in [0.717, 1.165) is 23.8 Å². The third-order valence-electron chi connectivity index (χ3n) is 2.52. The minimum absolute atomic E-state index is 0.780. The molecule has 15 heavy (non-hydrogen) atoms. The lowest BCUT2D eigenvalue weighted by Crippen LogP contribution is -1.84. The highest BCUT2D eigenvalue weighted by atomic mass is 16.1. The number of hydrogen-bond acceptors (Lipinski definition) is 1. The molecular formula is C13H13NO. The van der Waals surface area contributed by atoms with Crippen molar-refractivity contribution < 1.29 is 4.79 Å². The minimum Gasteiger partial charge on any atom is -0.361 e. The Hall–Kier alpha value is -1.83. The van der Waals surface area contributed by atoms with Gasteiger partial charge in [-0.15, -0.1) is 0 Å². The zero-order chi connectivity index (χ0) is 10.7. The van der Waals surface area contributed by atoms with E-state index >= 15 is 0 Å². The third-order valence-corrected chi connectivity index (χ3v) is 2.52. The van der Waals surface area contributed by atoms with Gasteiger partial charge in [0.25, 0.3) is 0 Å². The van der Waals surface area contributed by atoms with Crippen LogP contribution >= 0.6 is 0 Å². The van der Waals surface area contributed by atoms with Crippen LogP contribution in [0.15, 0.2) is 42.1 Å². The maximum absolute atomic E-state index is 10.5. The summed E-state index contributed by atoms with van der Waals surface area (Å²) in [4.78, 5) is 13.6. The van der Waals surface area contributed by atoms with E-state index in [1.54, 1.807) is 0 Å². The molecule has 0 fully saturated rings. The Labute approximate surface area is 88.6 Å². The number of benzene rings is 1. The molecule has 0 bridgehead atoms. The zero-order valence-electron chi connectivity index (χ0n) is 8.66. The highest BCUT2D eigenvalue weighted by Crippen LogP contribution is 2.18. The number of aromatic amines is 1. The fourth-order valence-electron chi connectivity index (χ4n) is 1.65. The number of aldehydes is 1. The lowest BCUT2D eigenvalue weighted by Gasteiger charge is -1.99. The molecule has 1 N–H and O–H groups in total. The molecule has 0 radical (unpaired) electrons. The van der Waals surface area contributed by atoms with Crippen LogP contribution in [-0.4, -0.2) is 11.3 Å². The Morgan fingerprint density at radius 1 is 1.40 bits per heavy atom. The number of aromatic nitrogens is 1. The van der Waals surface area contributed by atoms with Gasteiger partial charge in [0.05, 0.1) is 0 Å². The molecule has 0 aliphatic heterocycles. The summed E-state index contributed by atoms with van der Waals surface area (Å²) in [5.41, 5.74) is 3.17. The number of rotatable bonds is 3. The van der Waals surface area contributed by atoms with Crippen LogP contribution < -0.4 is 0 Å². The fourth-order valence-corrected chi connectivity index (χ4v) is 1.65. The van der Waals surface area contributed by atoms with E-state index in [1.165, 1.54) is 10.9 Å². The van der Waals surface area contributed by atoms with Crippen molar-refractivity contribution in [3.8, 4) is 0 Å². The normalized spacial score (nSPS) is 11.9. The van der Waals surface area contributed by atoms with Gasteiger partial charge in [-0.2, -0.15) is 0 Å². The quantitative estimate of drug-likeness (QED) is 0.598. The first kappa shape index (κ1) is 9.71. The lowest BCUT2D eigenvalue weighted by atomic mass is 10.1. The summed E-state index contributed by atoms with van der Waals surface area (Å²) in [6.45, 7) is 1.82. The summed E-state index contributed by atoms with van der Waals surface area (Å²) < 4.78 is 0. The van der Waals surface area contributed by atoms with Crippen LogP contribution in [0, 0.1) is 0 Å². The molecule has 0 saturated heterocycles. The van der Waals surface area contributed by atoms with Gasteiger partial charge in [0.15, 0.2) is 0 Å². The maximum atomic E-state index is 10.5. The van der Waals surface area contributed by atoms with Crippen LogP contribution in [0.5, 0.6) is 0 Å². The summed E-state index contributed by atoms with van der Waals surface area (Å²) in [7, 11) is 0. The van der Waals surface area contributed by atoms with E-state index in [4.69, 9.17) is 0 Å². The van der Waals surface area contributed by atoms with Gasteiger partial charge >= 0.3 is 0 Å². The number of allylic oxidation sites excluding steroid dienone is 2. The van der Waals surface area contributed by atoms with Crippen molar-refractivity contribution in [1.82, 2.24) is 4.98 Å². The van der Waals surface area contributed by atoms with E-state index in [-0.39, 0.29) is 0 Å². The Morgan fingerprint density at radius 3 is 3.07 bits per heavy atom. The molecule has 0 unspecified atom stereocenters. The van der Waals surface area contributed by atoms with Crippen molar-refractivity contribution in [2.24, 2.45) is 0 Å². The molecule has 0 spiro atoms. The van der Waals surface area contributed by atoms with E-state index in [2.05, 4.69) is 23.2 Å². The highest BCUT2D eigenvalue weighted by Gasteiger charge is 1.99. The molecule has 2 rings (SSSR count). The van der Waals surface area contributed by atoms with Crippen molar-refractivity contribution in [1.29, 1.82) is 0 Å². The summed E-state index contributed by atoms with van der Waals surface area (Å²) in [5, 5.41) is 1.23. The topological polar surface area (TPSA) is 32.9 Å². The Morgan fingerprint density at radius 2 is 2.27 bits per heavy atom. The smallest absolute Gasteiger partial charge is 0.145 e. The van der Waals surface area contributed by atoms with Crippen LogP contribution in [0.4, 0.5) is 0 Å². The number of carbonyl (C=O) groups excluding carboxylic acids is 1. The maximum Gasteiger partial charge on any atom is 0.145 e. The number of nitrogens with one attached hydrogen (secondary N) is 1. The van der Waals surface area contributed by atoms with Crippen molar-refractivity contribution in [3.63, 3.8) is 0 Å². The first-order valence-corrected chi connectivity index (χ1v) is 4.98. The second-order valence-corrected chi connectivity index (χ2v) is 3.63. The van der Waals surface area contributed by atoms with Crippen molar-refractivity contribution in [2.75, 3.05) is 0 Å². The summed E-state index contributed by atoms with van der Waals surface area (Å²) in [6.07, 6.45) is 5.58. The molecule has 2 nitrogen and oxygen atoms in total. The van der Waals surface area contributed by atoms with E-state index in [0.29, 0.717) is 0 Å². The molecule has 0 atom stereocenters. The number of fused-ring (bicyclic) bond motifs is 1. The number of hydrogen-bond donors (Lipinski definition) is 1. The average molecular weight is 199 g/mol. The fraction of sp³-hybridized carbons (Fsp3) is 0.154. The second-order valence-electron chi connectivity index (χ2n) is 3.63. The first-order chi connectivity index (χ1) is 7.31. The molecular weight excluding hydrogens is 186 g/mol. The second kappa shape index (κ2) is 4.13. The SMILES string of the molecule is C/C(C=O)=C\Cc1cccc2[nH]ccc12. The first-order valence-electron chi connectivity index (χ1n) is 4.98. The number of H-pyrrole nitrogens is 1. The summed E-state index contributed by atoms with van der Waals surface area (Å²) in [5.74, 6) is 0. The molecule has 0 aliphatic carbocycles. The zero-order valence-corrected chi connectivity index (χ0v) is 8.66. The van der Waals surface area contributed by atoms with Gasteiger partial charge in [-0.1, -0.05) is 18.2 Å². The van der Waals surface area contributed by atoms with Crippen LogP contribution in [0.3, 0.4) is 0 Å². The molecule has 76 valence electrons. The van der Waals surface area contributed by atoms with Crippen molar-refractivity contribution >= 4 is 17.2 Å². The van der Waals surface area contributed by atoms with Crippen LogP contribution in [-0.2, 0) is 11.2 Å². The van der Waals surface area contributed by atoms with Gasteiger partial charge in [-0.05, 0) is 36.6 Å². The van der Waals surface area contributed by atoms with Crippen LogP contribution in [0.1, 0.15) is 12.5 Å². The Balaban J connectivity index is 2.35. The number of carbonyl (C=O) groups is 1. The predicted octanol–water partition coefficient (Wildman–Crippen LogP) is 2.86. The van der Waals surface area contributed by atoms with Crippen LogP contribution in [0.25, 0.3) is 10.9 Å². The van der Waals surface area contributed by atoms with Crippen molar-refractivity contribution in [2.45, 2.75) is 13.3 Å². The van der Waals surface area contributed by atoms with Gasteiger partial charge in [0, 0.05) is 17.1 Å². The summed E-state index contributed by atoms with van der Waals surface area (Å²) >= 11 is 0. The van der Waals surface area contributed by atoms with Gasteiger partial charge in [-0.25, -0.2) is 0 Å². The molecule has 1 heterocycles. The lowest BCUT2D eigenvalue weighted by molar-refractivity contribution is -0.104. The van der Waals surface area contributed by atoms with Crippen molar-refractivity contribution in [3.05, 3.63) is 47.7 Å². The van der Waals surface area contributed by atoms with Crippen LogP contribution in [0.2, 0.25) is 0 Å². The molecule has 1 aromatic carbocycles. The van der Waals surface area contributed by atoms with Gasteiger partial charge in [0.2, 0.25) is 0 Å². The highest BCUT2D eigenvalue weighted by molar-refractivity contribution is 5.83.